The molecule has 0 spiro atoms. The van der Waals surface area contributed by atoms with Gasteiger partial charge in [-0.05, 0) is 25.2 Å². The van der Waals surface area contributed by atoms with Gasteiger partial charge >= 0.3 is 0 Å². The van der Waals surface area contributed by atoms with Crippen LogP contribution in [0.4, 0.5) is 0 Å². The number of pyridine rings is 1. The highest BCUT2D eigenvalue weighted by Crippen LogP contribution is 2.32. The van der Waals surface area contributed by atoms with Crippen molar-refractivity contribution in [1.29, 1.82) is 0 Å². The molecule has 2 aromatic rings. The van der Waals surface area contributed by atoms with Crippen LogP contribution < -0.4 is 15.6 Å². The van der Waals surface area contributed by atoms with Crippen molar-refractivity contribution in [2.75, 3.05) is 13.7 Å². The predicted molar refractivity (Wildman–Crippen MR) is 85.4 cm³/mol. The molecule has 21 heavy (non-hydrogen) atoms. The second-order valence-corrected chi connectivity index (χ2v) is 5.33. The molecule has 0 aliphatic rings. The first kappa shape index (κ1) is 15.9. The van der Waals surface area contributed by atoms with Crippen molar-refractivity contribution in [2.45, 2.75) is 13.1 Å². The number of rotatable bonds is 6. The minimum Gasteiger partial charge on any atom is -0.490 e. The van der Waals surface area contributed by atoms with Crippen LogP contribution in [0.2, 0.25) is 10.0 Å². The largest absolute Gasteiger partial charge is 0.490 e. The number of aromatic nitrogens is 1. The van der Waals surface area contributed by atoms with E-state index in [1.807, 2.05) is 19.2 Å². The predicted octanol–water partition coefficient (Wildman–Crippen LogP) is 2.95. The third-order valence-electron chi connectivity index (χ3n) is 2.93. The number of benzene rings is 1. The fourth-order valence-corrected chi connectivity index (χ4v) is 2.58. The second kappa shape index (κ2) is 7.50. The van der Waals surface area contributed by atoms with Crippen LogP contribution in [0.1, 0.15) is 5.56 Å². The maximum absolute atomic E-state index is 11.6. The maximum atomic E-state index is 11.6. The molecular formula is C15H16Cl2N2O2. The van der Waals surface area contributed by atoms with Gasteiger partial charge in [-0.2, -0.15) is 0 Å². The number of hydrogen-bond acceptors (Lipinski definition) is 3. The van der Waals surface area contributed by atoms with E-state index in [0.717, 1.165) is 5.56 Å². The van der Waals surface area contributed by atoms with Crippen molar-refractivity contribution in [1.82, 2.24) is 9.88 Å². The van der Waals surface area contributed by atoms with E-state index in [2.05, 4.69) is 5.32 Å². The molecule has 0 fully saturated rings. The summed E-state index contributed by atoms with van der Waals surface area (Å²) in [6.07, 6.45) is 1.73. The van der Waals surface area contributed by atoms with Gasteiger partial charge in [-0.1, -0.05) is 29.3 Å². The average molecular weight is 327 g/mol. The summed E-state index contributed by atoms with van der Waals surface area (Å²) >= 11 is 12.2. The fraction of sp³-hybridized carbons (Fsp3) is 0.267. The molecule has 0 saturated carbocycles. The second-order valence-electron chi connectivity index (χ2n) is 4.49. The standard InChI is InChI=1S/C15H16Cl2N2O2/c1-18-10-11-8-12(16)9-13(17)15(11)21-7-6-19-5-3-2-4-14(19)20/h2-5,8-9,18H,6-7,10H2,1H3. The van der Waals surface area contributed by atoms with Gasteiger partial charge in [0.05, 0.1) is 11.6 Å². The number of nitrogens with one attached hydrogen (secondary N) is 1. The summed E-state index contributed by atoms with van der Waals surface area (Å²) in [5, 5.41) is 4.08. The molecule has 1 aromatic carbocycles. The Balaban J connectivity index is 2.09. The van der Waals surface area contributed by atoms with Gasteiger partial charge < -0.3 is 14.6 Å². The SMILES string of the molecule is CNCc1cc(Cl)cc(Cl)c1OCCn1ccccc1=O. The van der Waals surface area contributed by atoms with E-state index < -0.39 is 0 Å². The van der Waals surface area contributed by atoms with Crippen LogP contribution in [0.3, 0.4) is 0 Å². The van der Waals surface area contributed by atoms with Crippen molar-refractivity contribution >= 4 is 23.2 Å². The van der Waals surface area contributed by atoms with Gasteiger partial charge in [0.1, 0.15) is 12.4 Å². The van der Waals surface area contributed by atoms with Crippen molar-refractivity contribution in [3.8, 4) is 5.75 Å². The van der Waals surface area contributed by atoms with Gasteiger partial charge in [-0.3, -0.25) is 4.79 Å². The van der Waals surface area contributed by atoms with Crippen molar-refractivity contribution in [3.63, 3.8) is 0 Å². The maximum Gasteiger partial charge on any atom is 0.250 e. The van der Waals surface area contributed by atoms with Gasteiger partial charge in [0.25, 0.3) is 5.56 Å². The highest BCUT2D eigenvalue weighted by molar-refractivity contribution is 6.35. The van der Waals surface area contributed by atoms with E-state index in [1.165, 1.54) is 6.07 Å². The first-order valence-corrected chi connectivity index (χ1v) is 7.28. The van der Waals surface area contributed by atoms with E-state index in [-0.39, 0.29) is 5.56 Å². The molecule has 1 heterocycles. The molecule has 0 unspecified atom stereocenters. The topological polar surface area (TPSA) is 43.3 Å². The van der Waals surface area contributed by atoms with Gasteiger partial charge in [-0.15, -0.1) is 0 Å². The zero-order valence-electron chi connectivity index (χ0n) is 11.6. The molecule has 112 valence electrons. The Hall–Kier alpha value is -1.49. The average Bonchev–Trinajstić information content (AvgIpc) is 2.44. The number of nitrogens with zero attached hydrogens (tertiary/aromatic N) is 1. The van der Waals surface area contributed by atoms with E-state index in [4.69, 9.17) is 27.9 Å². The molecule has 1 aromatic heterocycles. The summed E-state index contributed by atoms with van der Waals surface area (Å²) in [7, 11) is 1.84. The Morgan fingerprint density at radius 3 is 2.81 bits per heavy atom. The van der Waals surface area contributed by atoms with E-state index in [9.17, 15) is 4.79 Å². The fourth-order valence-electron chi connectivity index (χ4n) is 1.99. The summed E-state index contributed by atoms with van der Waals surface area (Å²) in [5.74, 6) is 0.597. The summed E-state index contributed by atoms with van der Waals surface area (Å²) < 4.78 is 7.33. The lowest BCUT2D eigenvalue weighted by Crippen LogP contribution is -2.21. The third kappa shape index (κ3) is 4.24. The summed E-state index contributed by atoms with van der Waals surface area (Å²) in [5.41, 5.74) is 0.828. The lowest BCUT2D eigenvalue weighted by Gasteiger charge is -2.14. The number of ether oxygens (including phenoxy) is 1. The van der Waals surface area contributed by atoms with Crippen LogP contribution in [0.5, 0.6) is 5.75 Å². The molecule has 0 bridgehead atoms. The molecule has 6 heteroatoms. The summed E-state index contributed by atoms with van der Waals surface area (Å²) in [6, 6.07) is 8.49. The minimum absolute atomic E-state index is 0.0567. The molecule has 0 amide bonds. The highest BCUT2D eigenvalue weighted by atomic mass is 35.5. The smallest absolute Gasteiger partial charge is 0.250 e. The first-order valence-electron chi connectivity index (χ1n) is 6.52. The Labute approximate surface area is 133 Å². The Morgan fingerprint density at radius 1 is 1.29 bits per heavy atom. The van der Waals surface area contributed by atoms with Gasteiger partial charge in [0.2, 0.25) is 0 Å². The molecule has 0 aliphatic carbocycles. The van der Waals surface area contributed by atoms with Gasteiger partial charge in [0, 0.05) is 29.4 Å². The number of hydrogen-bond donors (Lipinski definition) is 1. The number of halogens is 2. The lowest BCUT2D eigenvalue weighted by molar-refractivity contribution is 0.293. The first-order chi connectivity index (χ1) is 10.1. The molecule has 0 atom stereocenters. The summed E-state index contributed by atoms with van der Waals surface area (Å²) in [4.78, 5) is 11.6. The van der Waals surface area contributed by atoms with Crippen molar-refractivity contribution < 1.29 is 4.74 Å². The molecule has 4 nitrogen and oxygen atoms in total. The van der Waals surface area contributed by atoms with Crippen LogP contribution >= 0.6 is 23.2 Å². The Bertz CT molecular complexity index is 671. The third-order valence-corrected chi connectivity index (χ3v) is 3.43. The molecule has 2 rings (SSSR count). The van der Waals surface area contributed by atoms with Crippen LogP contribution in [-0.4, -0.2) is 18.2 Å². The monoisotopic (exact) mass is 326 g/mol. The van der Waals surface area contributed by atoms with Gasteiger partial charge in [0.15, 0.2) is 0 Å². The molecular weight excluding hydrogens is 311 g/mol. The zero-order chi connectivity index (χ0) is 15.2. The van der Waals surface area contributed by atoms with Crippen LogP contribution in [0.15, 0.2) is 41.3 Å². The molecule has 1 N–H and O–H groups in total. The quantitative estimate of drug-likeness (QED) is 0.887. The highest BCUT2D eigenvalue weighted by Gasteiger charge is 2.10. The van der Waals surface area contributed by atoms with Crippen LogP contribution in [0, 0.1) is 0 Å². The van der Waals surface area contributed by atoms with E-state index in [1.54, 1.807) is 22.9 Å². The lowest BCUT2D eigenvalue weighted by atomic mass is 10.2. The van der Waals surface area contributed by atoms with E-state index in [0.29, 0.717) is 35.5 Å². The molecule has 0 saturated heterocycles. The Morgan fingerprint density at radius 2 is 2.10 bits per heavy atom. The molecule has 0 aliphatic heterocycles. The van der Waals surface area contributed by atoms with E-state index >= 15 is 0 Å². The normalized spacial score (nSPS) is 10.6. The van der Waals surface area contributed by atoms with Gasteiger partial charge in [-0.25, -0.2) is 0 Å². The van der Waals surface area contributed by atoms with Crippen LogP contribution in [0.25, 0.3) is 0 Å². The van der Waals surface area contributed by atoms with Crippen molar-refractivity contribution in [3.05, 3.63) is 62.5 Å². The molecule has 0 radical (unpaired) electrons. The Kier molecular flexibility index (Phi) is 5.67. The summed E-state index contributed by atoms with van der Waals surface area (Å²) in [6.45, 7) is 1.40. The van der Waals surface area contributed by atoms with Crippen LogP contribution in [-0.2, 0) is 13.1 Å². The minimum atomic E-state index is -0.0567. The zero-order valence-corrected chi connectivity index (χ0v) is 13.1. The van der Waals surface area contributed by atoms with Crippen molar-refractivity contribution in [2.24, 2.45) is 0 Å².